The summed E-state index contributed by atoms with van der Waals surface area (Å²) in [5.74, 6) is 0. The van der Waals surface area contributed by atoms with Gasteiger partial charge in [-0.05, 0) is 32.6 Å². The van der Waals surface area contributed by atoms with Crippen molar-refractivity contribution in [1.29, 1.82) is 0 Å². The Hall–Kier alpha value is 0.485. The van der Waals surface area contributed by atoms with E-state index in [-0.39, 0.29) is 6.10 Å². The van der Waals surface area contributed by atoms with Gasteiger partial charge < -0.3 is 18.9 Å². The van der Waals surface area contributed by atoms with Crippen LogP contribution in [0.4, 0.5) is 4.39 Å². The lowest BCUT2D eigenvalue weighted by atomic mass is 9.81. The summed E-state index contributed by atoms with van der Waals surface area (Å²) in [6, 6.07) is -0.601. The van der Waals surface area contributed by atoms with E-state index in [9.17, 15) is 9.28 Å². The highest BCUT2D eigenvalue weighted by molar-refractivity contribution is 8.09. The third-order valence-corrected chi connectivity index (χ3v) is 4.49. The van der Waals surface area contributed by atoms with Crippen molar-refractivity contribution in [2.45, 2.75) is 56.4 Å². The second-order valence-electron chi connectivity index (χ2n) is 5.57. The van der Waals surface area contributed by atoms with E-state index in [1.54, 1.807) is 7.85 Å². The highest BCUT2D eigenvalue weighted by Crippen LogP contribution is 2.66. The molecule has 2 aliphatic rings. The van der Waals surface area contributed by atoms with Crippen molar-refractivity contribution < 1.29 is 23.3 Å². The smallest absolute Gasteiger partial charge is 0.183 e. The lowest BCUT2D eigenvalue weighted by Crippen LogP contribution is -2.49. The van der Waals surface area contributed by atoms with Crippen molar-refractivity contribution in [2.75, 3.05) is 6.66 Å². The van der Waals surface area contributed by atoms with Crippen LogP contribution in [-0.2, 0) is 25.8 Å². The molecule has 104 valence electrons. The van der Waals surface area contributed by atoms with Gasteiger partial charge in [-0.25, -0.2) is 4.39 Å². The second kappa shape index (κ2) is 4.24. The lowest BCUT2D eigenvalue weighted by molar-refractivity contribution is -0.0819. The molecule has 0 bridgehead atoms. The molecular formula is C10H19BFO4PS. The zero-order valence-corrected chi connectivity index (χ0v) is 12.9. The Morgan fingerprint density at radius 1 is 1.56 bits per heavy atom. The normalized spacial score (nSPS) is 50.1. The zero-order chi connectivity index (χ0) is 13.9. The maximum atomic E-state index is 14.9. The minimum absolute atomic E-state index is 0.0656. The molecule has 2 rings (SSSR count). The fourth-order valence-electron chi connectivity index (χ4n) is 2.64. The molecule has 2 unspecified atom stereocenters. The van der Waals surface area contributed by atoms with E-state index in [1.807, 2.05) is 13.8 Å². The van der Waals surface area contributed by atoms with Gasteiger partial charge in [-0.15, -0.1) is 0 Å². The second-order valence-corrected chi connectivity index (χ2v) is 9.39. The number of fused-ring (bicyclic) bond motifs is 1. The number of ether oxygens (including phenoxy) is 2. The SMILES string of the molecule is B[C@@H]1O[C@@H]2C(OC(C)C)[C@]2(OP(C)(O)=S)[C@]1(C)F. The average Bonchev–Trinajstić information content (AvgIpc) is 2.64. The summed E-state index contributed by atoms with van der Waals surface area (Å²) >= 11 is 4.89. The summed E-state index contributed by atoms with van der Waals surface area (Å²) in [6.45, 7) is 3.57. The molecule has 0 radical (unpaired) electrons. The van der Waals surface area contributed by atoms with Gasteiger partial charge in [0.1, 0.15) is 20.1 Å². The van der Waals surface area contributed by atoms with Gasteiger partial charge in [-0.3, -0.25) is 0 Å². The van der Waals surface area contributed by atoms with E-state index in [0.717, 1.165) is 0 Å². The molecule has 1 aliphatic heterocycles. The fraction of sp³-hybridized carbons (Fsp3) is 1.00. The van der Waals surface area contributed by atoms with Crippen LogP contribution in [0.1, 0.15) is 20.8 Å². The molecule has 4 nitrogen and oxygen atoms in total. The van der Waals surface area contributed by atoms with Gasteiger partial charge in [0.15, 0.2) is 17.8 Å². The van der Waals surface area contributed by atoms with Gasteiger partial charge >= 0.3 is 0 Å². The number of halogens is 1. The van der Waals surface area contributed by atoms with Gasteiger partial charge in [0.25, 0.3) is 0 Å². The molecule has 6 atom stereocenters. The van der Waals surface area contributed by atoms with Crippen LogP contribution in [0.2, 0.25) is 0 Å². The minimum atomic E-state index is -2.99. The van der Waals surface area contributed by atoms with Crippen molar-refractivity contribution in [3.8, 4) is 0 Å². The molecule has 0 aromatic carbocycles. The van der Waals surface area contributed by atoms with Crippen molar-refractivity contribution in [2.24, 2.45) is 0 Å². The van der Waals surface area contributed by atoms with Gasteiger partial charge in [0, 0.05) is 6.66 Å². The van der Waals surface area contributed by atoms with Gasteiger partial charge in [-0.2, -0.15) is 0 Å². The predicted molar refractivity (Wildman–Crippen MR) is 73.0 cm³/mol. The first kappa shape index (κ1) is 14.9. The molecule has 1 heterocycles. The quantitative estimate of drug-likeness (QED) is 0.607. The molecule has 0 aromatic heterocycles. The van der Waals surface area contributed by atoms with Gasteiger partial charge in [0.05, 0.1) is 12.1 Å². The van der Waals surface area contributed by atoms with Crippen LogP contribution >= 0.6 is 6.49 Å². The summed E-state index contributed by atoms with van der Waals surface area (Å²) in [7, 11) is 1.65. The Morgan fingerprint density at radius 2 is 2.11 bits per heavy atom. The number of alkyl halides is 1. The van der Waals surface area contributed by atoms with E-state index in [1.165, 1.54) is 13.6 Å². The highest BCUT2D eigenvalue weighted by atomic mass is 32.5. The van der Waals surface area contributed by atoms with Crippen molar-refractivity contribution in [3.63, 3.8) is 0 Å². The summed E-state index contributed by atoms with van der Waals surface area (Å²) < 4.78 is 31.6. The molecule has 1 saturated heterocycles. The van der Waals surface area contributed by atoms with E-state index >= 15 is 0 Å². The first-order chi connectivity index (χ1) is 8.02. The van der Waals surface area contributed by atoms with Crippen LogP contribution in [-0.4, -0.2) is 55.0 Å². The molecule has 0 amide bonds. The molecule has 1 aliphatic carbocycles. The Bertz CT molecular complexity index is 401. The molecule has 1 saturated carbocycles. The summed E-state index contributed by atoms with van der Waals surface area (Å²) in [4.78, 5) is 9.77. The first-order valence-corrected chi connectivity index (χ1v) is 9.15. The number of hydrogen-bond acceptors (Lipinski definition) is 4. The van der Waals surface area contributed by atoms with E-state index in [4.69, 9.17) is 25.8 Å². The van der Waals surface area contributed by atoms with E-state index < -0.39 is 36.0 Å². The molecule has 8 heteroatoms. The highest BCUT2D eigenvalue weighted by Gasteiger charge is 2.85. The van der Waals surface area contributed by atoms with Gasteiger partial charge in [-0.1, -0.05) is 0 Å². The van der Waals surface area contributed by atoms with Crippen molar-refractivity contribution in [1.82, 2.24) is 0 Å². The standard InChI is InChI=1S/C10H19BFO4PS/c1-5(2)14-6-7-10(6,16-17(4,13)18)9(3,12)8(11)15-7/h5-8H,11H2,1-4H3,(H,13,18)/t6?,7-,8-,9-,10-,17?/m1/s1. The Kier molecular flexibility index (Phi) is 3.50. The summed E-state index contributed by atoms with van der Waals surface area (Å²) in [5, 5.41) is 0. The third-order valence-electron chi connectivity index (χ3n) is 3.63. The van der Waals surface area contributed by atoms with Crippen LogP contribution in [0.15, 0.2) is 0 Å². The van der Waals surface area contributed by atoms with Crippen LogP contribution in [0.3, 0.4) is 0 Å². The first-order valence-electron chi connectivity index (χ1n) is 6.03. The summed E-state index contributed by atoms with van der Waals surface area (Å²) in [5.41, 5.74) is -2.98. The van der Waals surface area contributed by atoms with Crippen LogP contribution in [0.5, 0.6) is 0 Å². The Balaban J connectivity index is 2.28. The predicted octanol–water partition coefficient (Wildman–Crippen LogP) is 0.567. The molecule has 18 heavy (non-hydrogen) atoms. The summed E-state index contributed by atoms with van der Waals surface area (Å²) in [6.07, 6.45) is -1.05. The molecule has 2 fully saturated rings. The topological polar surface area (TPSA) is 47.9 Å². The number of rotatable bonds is 4. The lowest BCUT2D eigenvalue weighted by Gasteiger charge is -2.33. The van der Waals surface area contributed by atoms with Gasteiger partial charge in [0.2, 0.25) is 0 Å². The molecule has 1 N–H and O–H groups in total. The van der Waals surface area contributed by atoms with Crippen LogP contribution < -0.4 is 0 Å². The maximum absolute atomic E-state index is 14.9. The van der Waals surface area contributed by atoms with Crippen molar-refractivity contribution in [3.05, 3.63) is 0 Å². The maximum Gasteiger partial charge on any atom is 0.183 e. The molecule has 0 spiro atoms. The van der Waals surface area contributed by atoms with Crippen molar-refractivity contribution >= 4 is 26.1 Å². The van der Waals surface area contributed by atoms with E-state index in [2.05, 4.69) is 0 Å². The number of hydrogen-bond donors (Lipinski definition) is 1. The zero-order valence-electron chi connectivity index (χ0n) is 11.2. The Labute approximate surface area is 113 Å². The molecule has 0 aromatic rings. The van der Waals surface area contributed by atoms with Crippen LogP contribution in [0.25, 0.3) is 0 Å². The third kappa shape index (κ3) is 2.09. The van der Waals surface area contributed by atoms with E-state index in [0.29, 0.717) is 0 Å². The van der Waals surface area contributed by atoms with Crippen LogP contribution in [0, 0.1) is 0 Å². The fourth-order valence-corrected chi connectivity index (χ4v) is 3.96. The Morgan fingerprint density at radius 3 is 2.56 bits per heavy atom. The monoisotopic (exact) mass is 296 g/mol. The molecular weight excluding hydrogens is 277 g/mol. The average molecular weight is 296 g/mol. The minimum Gasteiger partial charge on any atom is -0.375 e. The largest absolute Gasteiger partial charge is 0.375 e.